The molecule has 2 N–H and O–H groups in total. The Morgan fingerprint density at radius 1 is 1.30 bits per heavy atom. The van der Waals surface area contributed by atoms with Crippen molar-refractivity contribution in [2.24, 2.45) is 11.3 Å². The first-order chi connectivity index (χ1) is 9.15. The van der Waals surface area contributed by atoms with Crippen molar-refractivity contribution in [3.8, 4) is 0 Å². The average Bonchev–Trinajstić information content (AvgIpc) is 3.16. The Kier molecular flexibility index (Phi) is 6.44. The van der Waals surface area contributed by atoms with E-state index in [4.69, 9.17) is 0 Å². The molecule has 1 rings (SSSR count). The molecule has 0 unspecified atom stereocenters. The molecule has 0 aromatic heterocycles. The molecule has 0 heterocycles. The molecule has 0 spiro atoms. The number of hydrogen-bond donors (Lipinski definition) is 2. The van der Waals surface area contributed by atoms with Crippen LogP contribution in [-0.2, 0) is 10.2 Å². The summed E-state index contributed by atoms with van der Waals surface area (Å²) >= 11 is 0. The third kappa shape index (κ3) is 6.08. The Morgan fingerprint density at radius 3 is 2.40 bits per heavy atom. The first-order valence-electron chi connectivity index (χ1n) is 7.59. The summed E-state index contributed by atoms with van der Waals surface area (Å²) in [5.74, 6) is 0.429. The highest BCUT2D eigenvalue weighted by atomic mass is 32.2. The molecular weight excluding hydrogens is 274 g/mol. The minimum atomic E-state index is -3.36. The van der Waals surface area contributed by atoms with Gasteiger partial charge in [0, 0.05) is 26.2 Å². The third-order valence-electron chi connectivity index (χ3n) is 4.34. The molecule has 0 bridgehead atoms. The lowest BCUT2D eigenvalue weighted by Crippen LogP contribution is -2.44. The number of rotatable bonds is 10. The van der Waals surface area contributed by atoms with Crippen molar-refractivity contribution < 1.29 is 8.42 Å². The number of nitrogens with one attached hydrogen (secondary N) is 2. The Bertz CT molecular complexity index is 389. The van der Waals surface area contributed by atoms with Crippen LogP contribution in [0.4, 0.5) is 0 Å². The van der Waals surface area contributed by atoms with Crippen LogP contribution in [0.5, 0.6) is 0 Å². The van der Waals surface area contributed by atoms with Crippen molar-refractivity contribution in [3.63, 3.8) is 0 Å². The zero-order valence-electron chi connectivity index (χ0n) is 13.6. The Hall–Kier alpha value is -0.170. The maximum absolute atomic E-state index is 12.1. The van der Waals surface area contributed by atoms with Crippen LogP contribution in [0.3, 0.4) is 0 Å². The minimum Gasteiger partial charge on any atom is -0.314 e. The largest absolute Gasteiger partial charge is 0.314 e. The maximum Gasteiger partial charge on any atom is 0.279 e. The highest BCUT2D eigenvalue weighted by Gasteiger charge is 2.26. The van der Waals surface area contributed by atoms with Gasteiger partial charge in [-0.2, -0.15) is 12.7 Å². The van der Waals surface area contributed by atoms with Gasteiger partial charge in [-0.25, -0.2) is 4.72 Å². The van der Waals surface area contributed by atoms with Crippen molar-refractivity contribution in [1.29, 1.82) is 0 Å². The van der Waals surface area contributed by atoms with Crippen LogP contribution in [0.2, 0.25) is 0 Å². The van der Waals surface area contributed by atoms with Crippen LogP contribution < -0.4 is 10.0 Å². The molecule has 0 radical (unpaired) electrons. The van der Waals surface area contributed by atoms with E-state index in [0.717, 1.165) is 13.0 Å². The molecule has 120 valence electrons. The van der Waals surface area contributed by atoms with E-state index in [1.54, 1.807) is 7.05 Å². The summed E-state index contributed by atoms with van der Waals surface area (Å²) in [5, 5.41) is 3.39. The first-order valence-corrected chi connectivity index (χ1v) is 9.03. The van der Waals surface area contributed by atoms with Crippen molar-refractivity contribution in [2.75, 3.05) is 26.7 Å². The molecule has 0 atom stereocenters. The molecule has 1 aliphatic rings. The highest BCUT2D eigenvalue weighted by Crippen LogP contribution is 2.25. The van der Waals surface area contributed by atoms with Gasteiger partial charge in [0.15, 0.2) is 0 Å². The van der Waals surface area contributed by atoms with E-state index in [2.05, 4.69) is 37.7 Å². The SMILES string of the molecule is CC(C)C(C)(C)CNS(=O)(=O)N(C)CCCNC1CC1. The molecule has 5 nitrogen and oxygen atoms in total. The molecule has 20 heavy (non-hydrogen) atoms. The summed E-state index contributed by atoms with van der Waals surface area (Å²) in [5.41, 5.74) is -0.0402. The molecule has 0 aromatic rings. The summed E-state index contributed by atoms with van der Waals surface area (Å²) in [4.78, 5) is 0. The second-order valence-electron chi connectivity index (χ2n) is 6.87. The van der Waals surface area contributed by atoms with Gasteiger partial charge in [0.2, 0.25) is 0 Å². The van der Waals surface area contributed by atoms with Gasteiger partial charge >= 0.3 is 0 Å². The van der Waals surface area contributed by atoms with Crippen LogP contribution in [0.1, 0.15) is 47.0 Å². The lowest BCUT2D eigenvalue weighted by atomic mass is 9.81. The van der Waals surface area contributed by atoms with Gasteiger partial charge in [0.25, 0.3) is 10.2 Å². The molecule has 0 aliphatic heterocycles. The fourth-order valence-corrected chi connectivity index (χ4v) is 2.75. The lowest BCUT2D eigenvalue weighted by molar-refractivity contribution is 0.250. The van der Waals surface area contributed by atoms with Crippen LogP contribution in [-0.4, -0.2) is 45.4 Å². The maximum atomic E-state index is 12.1. The van der Waals surface area contributed by atoms with Gasteiger partial charge in [0.1, 0.15) is 0 Å². The molecule has 0 amide bonds. The van der Waals surface area contributed by atoms with E-state index >= 15 is 0 Å². The minimum absolute atomic E-state index is 0.0402. The summed E-state index contributed by atoms with van der Waals surface area (Å²) in [6.45, 7) is 10.3. The average molecular weight is 305 g/mol. The number of hydrogen-bond acceptors (Lipinski definition) is 3. The van der Waals surface area contributed by atoms with Crippen molar-refractivity contribution >= 4 is 10.2 Å². The molecule has 6 heteroatoms. The van der Waals surface area contributed by atoms with E-state index in [1.165, 1.54) is 17.1 Å². The van der Waals surface area contributed by atoms with Crippen molar-refractivity contribution in [2.45, 2.75) is 53.0 Å². The smallest absolute Gasteiger partial charge is 0.279 e. The van der Waals surface area contributed by atoms with E-state index in [0.29, 0.717) is 25.0 Å². The Morgan fingerprint density at radius 2 is 1.90 bits per heavy atom. The molecular formula is C14H31N3O2S. The fourth-order valence-electron chi connectivity index (χ4n) is 1.61. The van der Waals surface area contributed by atoms with E-state index < -0.39 is 10.2 Å². The van der Waals surface area contributed by atoms with E-state index in [9.17, 15) is 8.42 Å². The summed E-state index contributed by atoms with van der Waals surface area (Å²) in [6, 6.07) is 0.682. The van der Waals surface area contributed by atoms with Gasteiger partial charge in [-0.15, -0.1) is 0 Å². The summed E-state index contributed by atoms with van der Waals surface area (Å²) in [6.07, 6.45) is 3.38. The predicted octanol–water partition coefficient (Wildman–Crippen LogP) is 1.58. The molecule has 1 fully saturated rings. The van der Waals surface area contributed by atoms with Gasteiger partial charge in [-0.1, -0.05) is 27.7 Å². The zero-order chi connectivity index (χ0) is 15.4. The molecule has 0 saturated heterocycles. The van der Waals surface area contributed by atoms with Crippen LogP contribution in [0, 0.1) is 11.3 Å². The molecule has 1 saturated carbocycles. The van der Waals surface area contributed by atoms with E-state index in [1.807, 2.05) is 0 Å². The first kappa shape index (κ1) is 17.9. The van der Waals surface area contributed by atoms with Gasteiger partial charge in [0.05, 0.1) is 0 Å². The van der Waals surface area contributed by atoms with Gasteiger partial charge in [-0.3, -0.25) is 0 Å². The topological polar surface area (TPSA) is 61.4 Å². The predicted molar refractivity (Wildman–Crippen MR) is 83.8 cm³/mol. The van der Waals surface area contributed by atoms with Gasteiger partial charge in [-0.05, 0) is 37.1 Å². The second kappa shape index (κ2) is 7.20. The Labute approximate surface area is 124 Å². The second-order valence-corrected chi connectivity index (χ2v) is 8.74. The number of nitrogens with zero attached hydrogens (tertiary/aromatic N) is 1. The van der Waals surface area contributed by atoms with Crippen molar-refractivity contribution in [1.82, 2.24) is 14.3 Å². The monoisotopic (exact) mass is 305 g/mol. The van der Waals surface area contributed by atoms with Gasteiger partial charge < -0.3 is 5.32 Å². The summed E-state index contributed by atoms with van der Waals surface area (Å²) < 4.78 is 28.4. The standard InChI is InChI=1S/C14H31N3O2S/c1-12(2)14(3,4)11-16-20(18,19)17(5)10-6-9-15-13-7-8-13/h12-13,15-16H,6-11H2,1-5H3. The zero-order valence-corrected chi connectivity index (χ0v) is 14.4. The normalized spacial score (nSPS) is 17.1. The van der Waals surface area contributed by atoms with Crippen LogP contribution in [0.25, 0.3) is 0 Å². The van der Waals surface area contributed by atoms with Crippen LogP contribution >= 0.6 is 0 Å². The third-order valence-corrected chi connectivity index (χ3v) is 5.86. The summed E-state index contributed by atoms with van der Waals surface area (Å²) in [7, 11) is -1.72. The molecule has 0 aromatic carbocycles. The highest BCUT2D eigenvalue weighted by molar-refractivity contribution is 7.87. The quantitative estimate of drug-likeness (QED) is 0.602. The molecule has 1 aliphatic carbocycles. The Balaban J connectivity index is 2.30. The fraction of sp³-hybridized carbons (Fsp3) is 1.00. The van der Waals surface area contributed by atoms with E-state index in [-0.39, 0.29) is 5.41 Å². The lowest BCUT2D eigenvalue weighted by Gasteiger charge is -2.30. The van der Waals surface area contributed by atoms with Crippen LogP contribution in [0.15, 0.2) is 0 Å². The van der Waals surface area contributed by atoms with Crippen molar-refractivity contribution in [3.05, 3.63) is 0 Å².